The van der Waals surface area contributed by atoms with Gasteiger partial charge in [-0.3, -0.25) is 14.9 Å². The number of rotatable bonds is 4. The molecular formula is C11H10ClN5O2. The van der Waals surface area contributed by atoms with Crippen LogP contribution in [0.2, 0.25) is 5.02 Å². The second kappa shape index (κ2) is 5.96. The summed E-state index contributed by atoms with van der Waals surface area (Å²) in [7, 11) is 0. The normalized spacial score (nSPS) is 9.95. The summed E-state index contributed by atoms with van der Waals surface area (Å²) in [4.78, 5) is 26.9. The lowest BCUT2D eigenvalue weighted by Crippen LogP contribution is -2.33. The fraction of sp³-hybridized carbons (Fsp3) is 0.0909. The molecule has 2 aromatic rings. The van der Waals surface area contributed by atoms with E-state index in [1.165, 1.54) is 12.4 Å². The average molecular weight is 280 g/mol. The highest BCUT2D eigenvalue weighted by atomic mass is 35.5. The van der Waals surface area contributed by atoms with Gasteiger partial charge < -0.3 is 5.32 Å². The Balaban J connectivity index is 1.85. The number of carbonyl (C=O) groups is 2. The van der Waals surface area contributed by atoms with Crippen molar-refractivity contribution in [1.29, 1.82) is 0 Å². The molecule has 3 N–H and O–H groups in total. The zero-order valence-electron chi connectivity index (χ0n) is 9.68. The summed E-state index contributed by atoms with van der Waals surface area (Å²) in [6.45, 7) is -0.175. The van der Waals surface area contributed by atoms with Gasteiger partial charge >= 0.3 is 0 Å². The SMILES string of the molecule is O=C(CNC(=O)c1cccc(Cl)c1)Nc1ncn[nH]1. The number of hydrogen-bond donors (Lipinski definition) is 3. The Kier molecular flexibility index (Phi) is 4.09. The summed E-state index contributed by atoms with van der Waals surface area (Å²) in [6, 6.07) is 6.45. The molecule has 0 saturated carbocycles. The molecule has 1 aromatic heterocycles. The van der Waals surface area contributed by atoms with Crippen LogP contribution in [0.4, 0.5) is 5.95 Å². The highest BCUT2D eigenvalue weighted by Gasteiger charge is 2.09. The second-order valence-electron chi connectivity index (χ2n) is 3.58. The van der Waals surface area contributed by atoms with Crippen LogP contribution in [0, 0.1) is 0 Å². The van der Waals surface area contributed by atoms with Crippen LogP contribution in [-0.2, 0) is 4.79 Å². The third-order valence-corrected chi connectivity index (χ3v) is 2.40. The summed E-state index contributed by atoms with van der Waals surface area (Å²) in [5.41, 5.74) is 0.389. The molecule has 1 heterocycles. The number of benzene rings is 1. The molecule has 98 valence electrons. The van der Waals surface area contributed by atoms with Crippen molar-refractivity contribution >= 4 is 29.4 Å². The van der Waals surface area contributed by atoms with E-state index in [0.717, 1.165) is 0 Å². The summed E-state index contributed by atoms with van der Waals surface area (Å²) in [5.74, 6) is -0.565. The van der Waals surface area contributed by atoms with E-state index in [9.17, 15) is 9.59 Å². The van der Waals surface area contributed by atoms with Gasteiger partial charge in [-0.05, 0) is 18.2 Å². The molecule has 2 rings (SSSR count). The van der Waals surface area contributed by atoms with E-state index in [1.807, 2.05) is 0 Å². The maximum absolute atomic E-state index is 11.7. The standard InChI is InChI=1S/C11H10ClN5O2/c12-8-3-1-2-7(4-8)10(19)13-5-9(18)16-11-14-6-15-17-11/h1-4,6H,5H2,(H,13,19)(H2,14,15,16,17,18). The molecule has 7 nitrogen and oxygen atoms in total. The molecule has 0 fully saturated rings. The number of aromatic nitrogens is 3. The molecule has 0 aliphatic heterocycles. The van der Waals surface area contributed by atoms with Crippen LogP contribution in [0.5, 0.6) is 0 Å². The fourth-order valence-electron chi connectivity index (χ4n) is 1.33. The van der Waals surface area contributed by atoms with Crippen molar-refractivity contribution in [3.05, 3.63) is 41.2 Å². The Hall–Kier alpha value is -2.41. The predicted octanol–water partition coefficient (Wildman–Crippen LogP) is 0.827. The Bertz CT molecular complexity index is 585. The van der Waals surface area contributed by atoms with Crippen LogP contribution in [0.25, 0.3) is 0 Å². The van der Waals surface area contributed by atoms with Crippen molar-refractivity contribution in [3.8, 4) is 0 Å². The van der Waals surface area contributed by atoms with Gasteiger partial charge in [0.2, 0.25) is 11.9 Å². The third-order valence-electron chi connectivity index (χ3n) is 2.17. The van der Waals surface area contributed by atoms with Crippen LogP contribution in [0.3, 0.4) is 0 Å². The van der Waals surface area contributed by atoms with Crippen molar-refractivity contribution in [3.63, 3.8) is 0 Å². The lowest BCUT2D eigenvalue weighted by atomic mass is 10.2. The molecule has 0 spiro atoms. The second-order valence-corrected chi connectivity index (χ2v) is 4.01. The minimum atomic E-state index is -0.410. The maximum atomic E-state index is 11.7. The minimum absolute atomic E-state index is 0.175. The Morgan fingerprint density at radius 1 is 1.37 bits per heavy atom. The van der Waals surface area contributed by atoms with E-state index in [0.29, 0.717) is 10.6 Å². The summed E-state index contributed by atoms with van der Waals surface area (Å²) in [6.07, 6.45) is 1.26. The van der Waals surface area contributed by atoms with Crippen molar-refractivity contribution < 1.29 is 9.59 Å². The molecule has 2 amide bonds. The average Bonchev–Trinajstić information content (AvgIpc) is 2.88. The van der Waals surface area contributed by atoms with Crippen molar-refractivity contribution in [1.82, 2.24) is 20.5 Å². The molecule has 8 heteroatoms. The number of nitrogens with one attached hydrogen (secondary N) is 3. The lowest BCUT2D eigenvalue weighted by molar-refractivity contribution is -0.115. The molecule has 0 aliphatic carbocycles. The summed E-state index contributed by atoms with van der Waals surface area (Å²) in [5, 5.41) is 11.4. The fourth-order valence-corrected chi connectivity index (χ4v) is 1.52. The summed E-state index contributed by atoms with van der Waals surface area (Å²) >= 11 is 5.77. The monoisotopic (exact) mass is 279 g/mol. The molecule has 1 aromatic carbocycles. The van der Waals surface area contributed by atoms with E-state index in [1.54, 1.807) is 18.2 Å². The Morgan fingerprint density at radius 2 is 2.21 bits per heavy atom. The van der Waals surface area contributed by atoms with Gasteiger partial charge in [-0.15, -0.1) is 0 Å². The zero-order valence-corrected chi connectivity index (χ0v) is 10.4. The molecule has 0 bridgehead atoms. The number of halogens is 1. The number of H-pyrrole nitrogens is 1. The number of nitrogens with zero attached hydrogens (tertiary/aromatic N) is 2. The van der Waals surface area contributed by atoms with Gasteiger partial charge in [0.05, 0.1) is 6.54 Å². The van der Waals surface area contributed by atoms with E-state index in [2.05, 4.69) is 25.8 Å². The van der Waals surface area contributed by atoms with Gasteiger partial charge in [-0.25, -0.2) is 5.10 Å². The maximum Gasteiger partial charge on any atom is 0.251 e. The molecule has 0 radical (unpaired) electrons. The Morgan fingerprint density at radius 3 is 2.89 bits per heavy atom. The molecule has 0 unspecified atom stereocenters. The van der Waals surface area contributed by atoms with Gasteiger partial charge in [0, 0.05) is 10.6 Å². The lowest BCUT2D eigenvalue weighted by Gasteiger charge is -2.05. The van der Waals surface area contributed by atoms with E-state index < -0.39 is 5.91 Å². The minimum Gasteiger partial charge on any atom is -0.343 e. The summed E-state index contributed by atoms with van der Waals surface area (Å²) < 4.78 is 0. The van der Waals surface area contributed by atoms with Gasteiger partial charge in [-0.2, -0.15) is 10.1 Å². The van der Waals surface area contributed by atoms with Gasteiger partial charge in [-0.1, -0.05) is 17.7 Å². The largest absolute Gasteiger partial charge is 0.343 e. The van der Waals surface area contributed by atoms with E-state index in [4.69, 9.17) is 11.6 Å². The smallest absolute Gasteiger partial charge is 0.251 e. The highest BCUT2D eigenvalue weighted by Crippen LogP contribution is 2.10. The quantitative estimate of drug-likeness (QED) is 0.771. The molecule has 19 heavy (non-hydrogen) atoms. The van der Waals surface area contributed by atoms with Gasteiger partial charge in [0.1, 0.15) is 6.33 Å². The van der Waals surface area contributed by atoms with Crippen LogP contribution in [0.15, 0.2) is 30.6 Å². The first-order valence-corrected chi connectivity index (χ1v) is 5.72. The number of hydrogen-bond acceptors (Lipinski definition) is 4. The molecule has 0 atom stereocenters. The van der Waals surface area contributed by atoms with Crippen molar-refractivity contribution in [2.75, 3.05) is 11.9 Å². The highest BCUT2D eigenvalue weighted by molar-refractivity contribution is 6.30. The van der Waals surface area contributed by atoms with E-state index in [-0.39, 0.29) is 18.4 Å². The van der Waals surface area contributed by atoms with Crippen LogP contribution in [-0.4, -0.2) is 33.5 Å². The van der Waals surface area contributed by atoms with Crippen LogP contribution < -0.4 is 10.6 Å². The number of anilines is 1. The van der Waals surface area contributed by atoms with E-state index >= 15 is 0 Å². The first-order chi connectivity index (χ1) is 9.15. The predicted molar refractivity (Wildman–Crippen MR) is 68.8 cm³/mol. The number of aromatic amines is 1. The molecule has 0 saturated heterocycles. The van der Waals surface area contributed by atoms with Crippen LogP contribution in [0.1, 0.15) is 10.4 Å². The Labute approximate surface area is 113 Å². The first-order valence-electron chi connectivity index (χ1n) is 5.34. The van der Waals surface area contributed by atoms with Crippen LogP contribution >= 0.6 is 11.6 Å². The molecule has 0 aliphatic rings. The third kappa shape index (κ3) is 3.78. The van der Waals surface area contributed by atoms with Crippen molar-refractivity contribution in [2.45, 2.75) is 0 Å². The molecular weight excluding hydrogens is 270 g/mol. The van der Waals surface area contributed by atoms with Gasteiger partial charge in [0.15, 0.2) is 0 Å². The van der Waals surface area contributed by atoms with Crippen molar-refractivity contribution in [2.24, 2.45) is 0 Å². The number of carbonyl (C=O) groups excluding carboxylic acids is 2. The topological polar surface area (TPSA) is 99.8 Å². The van der Waals surface area contributed by atoms with Gasteiger partial charge in [0.25, 0.3) is 5.91 Å². The zero-order chi connectivity index (χ0) is 13.7. The first kappa shape index (κ1) is 13.0. The number of amides is 2.